The molecule has 1 rings (SSSR count). The minimum absolute atomic E-state index is 0.121. The van der Waals surface area contributed by atoms with Crippen molar-refractivity contribution in [1.29, 1.82) is 0 Å². The molecule has 0 aromatic heterocycles. The van der Waals surface area contributed by atoms with E-state index in [1.807, 2.05) is 0 Å². The molecule has 0 radical (unpaired) electrons. The lowest BCUT2D eigenvalue weighted by atomic mass is 10.5. The summed E-state index contributed by atoms with van der Waals surface area (Å²) in [6.07, 6.45) is 0. The molecule has 0 saturated carbocycles. The Bertz CT molecular complexity index is 319. The van der Waals surface area contributed by atoms with Crippen molar-refractivity contribution in [3.63, 3.8) is 0 Å². The molecule has 8 heteroatoms. The number of hydrogen-bond acceptors (Lipinski definition) is 4. The summed E-state index contributed by atoms with van der Waals surface area (Å²) in [6, 6.07) is -0.631. The normalized spacial score (nSPS) is 17.8. The molecule has 0 aliphatic carbocycles. The van der Waals surface area contributed by atoms with Crippen molar-refractivity contribution in [2.24, 2.45) is 0 Å². The van der Waals surface area contributed by atoms with E-state index in [0.717, 1.165) is 4.90 Å². The van der Waals surface area contributed by atoms with Crippen molar-refractivity contribution in [2.45, 2.75) is 0 Å². The monoisotopic (exact) mass is 208 g/mol. The highest BCUT2D eigenvalue weighted by Gasteiger charge is 2.28. The SMILES string of the molecule is O=C1CNC(=O)N1CCS(=O)(=O)O. The molecule has 1 aliphatic heterocycles. The maximum absolute atomic E-state index is 10.9. The van der Waals surface area contributed by atoms with Gasteiger partial charge in [0.15, 0.2) is 0 Å². The molecule has 0 spiro atoms. The van der Waals surface area contributed by atoms with Crippen LogP contribution in [-0.4, -0.2) is 48.7 Å². The molecular weight excluding hydrogens is 200 g/mol. The Kier molecular flexibility index (Phi) is 2.52. The zero-order valence-corrected chi connectivity index (χ0v) is 7.37. The molecule has 13 heavy (non-hydrogen) atoms. The molecular formula is C5H8N2O5S. The summed E-state index contributed by atoms with van der Waals surface area (Å²) >= 11 is 0. The molecule has 1 heterocycles. The van der Waals surface area contributed by atoms with Crippen LogP contribution in [0.15, 0.2) is 0 Å². The van der Waals surface area contributed by atoms with Crippen LogP contribution in [0.2, 0.25) is 0 Å². The number of nitrogens with one attached hydrogen (secondary N) is 1. The van der Waals surface area contributed by atoms with E-state index in [0.29, 0.717) is 0 Å². The first-order chi connectivity index (χ1) is 5.90. The second-order valence-electron chi connectivity index (χ2n) is 2.49. The largest absolute Gasteiger partial charge is 0.329 e. The molecule has 74 valence electrons. The molecule has 7 nitrogen and oxygen atoms in total. The van der Waals surface area contributed by atoms with Gasteiger partial charge in [-0.3, -0.25) is 14.2 Å². The Labute approximate surface area is 74.5 Å². The van der Waals surface area contributed by atoms with Crippen LogP contribution < -0.4 is 5.32 Å². The molecule has 0 atom stereocenters. The topological polar surface area (TPSA) is 104 Å². The van der Waals surface area contributed by atoms with Crippen LogP contribution in [-0.2, 0) is 14.9 Å². The van der Waals surface area contributed by atoms with E-state index in [9.17, 15) is 18.0 Å². The lowest BCUT2D eigenvalue weighted by Crippen LogP contribution is -2.35. The van der Waals surface area contributed by atoms with Gasteiger partial charge in [0.05, 0.1) is 12.3 Å². The third-order valence-corrected chi connectivity index (χ3v) is 2.21. The highest BCUT2D eigenvalue weighted by molar-refractivity contribution is 7.85. The summed E-state index contributed by atoms with van der Waals surface area (Å²) in [4.78, 5) is 22.4. The standard InChI is InChI=1S/C5H8N2O5S/c8-4-3-6-5(9)7(4)1-2-13(10,11)12/h1-3H2,(H,6,9)(H,10,11,12). The number of carbonyl (C=O) groups is 2. The number of urea groups is 1. The second-order valence-corrected chi connectivity index (χ2v) is 4.06. The van der Waals surface area contributed by atoms with E-state index in [1.54, 1.807) is 0 Å². The Morgan fingerprint density at radius 3 is 2.46 bits per heavy atom. The molecule has 1 saturated heterocycles. The van der Waals surface area contributed by atoms with Crippen molar-refractivity contribution < 1.29 is 22.6 Å². The number of rotatable bonds is 3. The van der Waals surface area contributed by atoms with Crippen LogP contribution >= 0.6 is 0 Å². The Morgan fingerprint density at radius 2 is 2.08 bits per heavy atom. The summed E-state index contributed by atoms with van der Waals surface area (Å²) in [5.41, 5.74) is 0. The van der Waals surface area contributed by atoms with Crippen molar-refractivity contribution >= 4 is 22.1 Å². The van der Waals surface area contributed by atoms with Gasteiger partial charge >= 0.3 is 6.03 Å². The molecule has 1 aliphatic rings. The van der Waals surface area contributed by atoms with E-state index < -0.39 is 27.8 Å². The van der Waals surface area contributed by atoms with Crippen LogP contribution in [0.5, 0.6) is 0 Å². The van der Waals surface area contributed by atoms with Crippen LogP contribution in [0.1, 0.15) is 0 Å². The Balaban J connectivity index is 2.54. The molecule has 0 bridgehead atoms. The molecule has 0 aromatic rings. The Hall–Kier alpha value is -1.15. The first-order valence-corrected chi connectivity index (χ1v) is 5.04. The minimum Gasteiger partial charge on any atom is -0.329 e. The number of amides is 3. The van der Waals surface area contributed by atoms with Crippen molar-refractivity contribution in [3.05, 3.63) is 0 Å². The highest BCUT2D eigenvalue weighted by atomic mass is 32.2. The molecule has 2 N–H and O–H groups in total. The van der Waals surface area contributed by atoms with Gasteiger partial charge in [0.2, 0.25) is 5.91 Å². The van der Waals surface area contributed by atoms with Gasteiger partial charge in [0.25, 0.3) is 10.1 Å². The van der Waals surface area contributed by atoms with Gasteiger partial charge in [-0.15, -0.1) is 0 Å². The maximum atomic E-state index is 10.9. The number of nitrogens with zero attached hydrogens (tertiary/aromatic N) is 1. The van der Waals surface area contributed by atoms with Gasteiger partial charge in [-0.1, -0.05) is 0 Å². The molecule has 1 fully saturated rings. The fourth-order valence-electron chi connectivity index (χ4n) is 0.888. The maximum Gasteiger partial charge on any atom is 0.324 e. The van der Waals surface area contributed by atoms with E-state index in [2.05, 4.69) is 5.32 Å². The summed E-state index contributed by atoms with van der Waals surface area (Å²) in [5.74, 6) is -1.12. The predicted molar refractivity (Wildman–Crippen MR) is 41.5 cm³/mol. The van der Waals surface area contributed by atoms with Gasteiger partial charge in [0, 0.05) is 6.54 Å². The summed E-state index contributed by atoms with van der Waals surface area (Å²) in [6.45, 7) is -0.437. The van der Waals surface area contributed by atoms with Crippen molar-refractivity contribution in [3.8, 4) is 0 Å². The predicted octanol–water partition coefficient (Wildman–Crippen LogP) is -1.57. The van der Waals surface area contributed by atoms with Gasteiger partial charge in [-0.25, -0.2) is 4.79 Å². The van der Waals surface area contributed by atoms with Gasteiger partial charge in [-0.05, 0) is 0 Å². The second kappa shape index (κ2) is 3.30. The van der Waals surface area contributed by atoms with E-state index in [1.165, 1.54) is 0 Å². The van der Waals surface area contributed by atoms with Crippen LogP contribution in [0.3, 0.4) is 0 Å². The highest BCUT2D eigenvalue weighted by Crippen LogP contribution is 1.98. The summed E-state index contributed by atoms with van der Waals surface area (Å²) < 4.78 is 28.9. The Morgan fingerprint density at radius 1 is 1.46 bits per heavy atom. The first-order valence-electron chi connectivity index (χ1n) is 3.43. The van der Waals surface area contributed by atoms with E-state index in [-0.39, 0.29) is 13.1 Å². The van der Waals surface area contributed by atoms with Gasteiger partial charge in [-0.2, -0.15) is 8.42 Å². The lowest BCUT2D eigenvalue weighted by Gasteiger charge is -2.09. The number of hydrogen-bond donors (Lipinski definition) is 2. The minimum atomic E-state index is -4.13. The summed E-state index contributed by atoms with van der Waals surface area (Å²) in [7, 11) is -4.13. The molecule has 0 aromatic carbocycles. The third kappa shape index (κ3) is 2.67. The first kappa shape index (κ1) is 9.93. The third-order valence-electron chi connectivity index (χ3n) is 1.51. The zero-order chi connectivity index (χ0) is 10.1. The van der Waals surface area contributed by atoms with Gasteiger partial charge < -0.3 is 5.32 Å². The van der Waals surface area contributed by atoms with E-state index in [4.69, 9.17) is 4.55 Å². The number of carbonyl (C=O) groups excluding carboxylic acids is 2. The zero-order valence-electron chi connectivity index (χ0n) is 6.56. The van der Waals surface area contributed by atoms with Gasteiger partial charge in [0.1, 0.15) is 0 Å². The summed E-state index contributed by atoms with van der Waals surface area (Å²) in [5, 5.41) is 2.22. The van der Waals surface area contributed by atoms with E-state index >= 15 is 0 Å². The van der Waals surface area contributed by atoms with Crippen molar-refractivity contribution in [2.75, 3.05) is 18.8 Å². The average molecular weight is 208 g/mol. The smallest absolute Gasteiger partial charge is 0.324 e. The van der Waals surface area contributed by atoms with Crippen LogP contribution in [0.4, 0.5) is 4.79 Å². The molecule has 3 amide bonds. The van der Waals surface area contributed by atoms with Crippen LogP contribution in [0, 0.1) is 0 Å². The average Bonchev–Trinajstić information content (AvgIpc) is 2.27. The fraction of sp³-hybridized carbons (Fsp3) is 0.600. The van der Waals surface area contributed by atoms with Crippen molar-refractivity contribution in [1.82, 2.24) is 10.2 Å². The quantitative estimate of drug-likeness (QED) is 0.430. The lowest BCUT2D eigenvalue weighted by molar-refractivity contribution is -0.124. The number of imide groups is 1. The fourth-order valence-corrected chi connectivity index (χ4v) is 1.30. The van der Waals surface area contributed by atoms with Crippen LogP contribution in [0.25, 0.3) is 0 Å². The molecule has 0 unspecified atom stereocenters.